The van der Waals surface area contributed by atoms with Crippen LogP contribution in [0.1, 0.15) is 48.2 Å². The lowest BCUT2D eigenvalue weighted by molar-refractivity contribution is 0.0693. The Morgan fingerprint density at radius 3 is 2.53 bits per heavy atom. The number of anilines is 1. The number of likely N-dealkylation sites (tertiary alicyclic amines) is 1. The van der Waals surface area contributed by atoms with Gasteiger partial charge in [0.15, 0.2) is 0 Å². The van der Waals surface area contributed by atoms with Gasteiger partial charge in [0, 0.05) is 13.1 Å². The molecule has 0 atom stereocenters. The second kappa shape index (κ2) is 9.08. The molecule has 0 unspecified atom stereocenters. The summed E-state index contributed by atoms with van der Waals surface area (Å²) in [6.45, 7) is 7.37. The van der Waals surface area contributed by atoms with Gasteiger partial charge in [-0.1, -0.05) is 32.0 Å². The molecule has 6 nitrogen and oxygen atoms in total. The van der Waals surface area contributed by atoms with Gasteiger partial charge in [-0.2, -0.15) is 0 Å². The Bertz CT molecular complexity index is 1030. The van der Waals surface area contributed by atoms with E-state index < -0.39 is 10.0 Å². The Morgan fingerprint density at radius 2 is 1.90 bits per heavy atom. The lowest BCUT2D eigenvalue weighted by Gasteiger charge is -2.30. The highest BCUT2D eigenvalue weighted by Crippen LogP contribution is 2.29. The van der Waals surface area contributed by atoms with E-state index in [4.69, 9.17) is 4.74 Å². The van der Waals surface area contributed by atoms with Crippen molar-refractivity contribution in [3.05, 3.63) is 53.1 Å². The van der Waals surface area contributed by atoms with Crippen LogP contribution in [-0.4, -0.2) is 39.4 Å². The van der Waals surface area contributed by atoms with Gasteiger partial charge in [0.25, 0.3) is 15.9 Å². The summed E-state index contributed by atoms with van der Waals surface area (Å²) in [5.41, 5.74) is 2.64. The average Bonchev–Trinajstić information content (AvgIpc) is 2.74. The van der Waals surface area contributed by atoms with Gasteiger partial charge in [-0.25, -0.2) is 8.42 Å². The van der Waals surface area contributed by atoms with Crippen molar-refractivity contribution >= 4 is 21.6 Å². The van der Waals surface area contributed by atoms with Crippen LogP contribution in [0.4, 0.5) is 5.69 Å². The van der Waals surface area contributed by atoms with Crippen molar-refractivity contribution in [2.75, 3.05) is 24.9 Å². The summed E-state index contributed by atoms with van der Waals surface area (Å²) < 4.78 is 34.4. The summed E-state index contributed by atoms with van der Waals surface area (Å²) in [7, 11) is -2.38. The molecule has 1 saturated heterocycles. The summed E-state index contributed by atoms with van der Waals surface area (Å²) >= 11 is 0. The number of amides is 1. The molecule has 2 aromatic carbocycles. The Balaban J connectivity index is 1.95. The van der Waals surface area contributed by atoms with E-state index in [1.165, 1.54) is 19.2 Å². The number of methoxy groups -OCH3 is 1. The van der Waals surface area contributed by atoms with Gasteiger partial charge in [0.1, 0.15) is 5.75 Å². The van der Waals surface area contributed by atoms with Crippen LogP contribution in [0.25, 0.3) is 0 Å². The largest absolute Gasteiger partial charge is 0.496 e. The van der Waals surface area contributed by atoms with Crippen LogP contribution in [0.2, 0.25) is 0 Å². The van der Waals surface area contributed by atoms with Crippen molar-refractivity contribution < 1.29 is 17.9 Å². The number of para-hydroxylation sites is 1. The van der Waals surface area contributed by atoms with Gasteiger partial charge in [-0.05, 0) is 61.4 Å². The number of nitrogens with zero attached hydrogens (tertiary/aromatic N) is 1. The first-order valence-electron chi connectivity index (χ1n) is 10.4. The zero-order chi connectivity index (χ0) is 21.9. The number of hydrogen-bond donors (Lipinski definition) is 1. The molecule has 3 rings (SSSR count). The van der Waals surface area contributed by atoms with Crippen molar-refractivity contribution in [3.63, 3.8) is 0 Å². The molecule has 1 N–H and O–H groups in total. The maximum absolute atomic E-state index is 13.1. The normalized spacial score (nSPS) is 15.1. The van der Waals surface area contributed by atoms with Gasteiger partial charge < -0.3 is 9.64 Å². The zero-order valence-corrected chi connectivity index (χ0v) is 18.9. The third-order valence-corrected chi connectivity index (χ3v) is 7.11. The molecule has 0 spiro atoms. The summed E-state index contributed by atoms with van der Waals surface area (Å²) in [6.07, 6.45) is 2.60. The second-order valence-electron chi connectivity index (χ2n) is 7.90. The number of sulfonamides is 1. The summed E-state index contributed by atoms with van der Waals surface area (Å²) in [6, 6.07) is 10.1. The van der Waals surface area contributed by atoms with Gasteiger partial charge >= 0.3 is 0 Å². The number of piperidine rings is 1. The molecule has 2 aromatic rings. The van der Waals surface area contributed by atoms with Crippen LogP contribution in [-0.2, 0) is 16.4 Å². The molecule has 1 aliphatic rings. The highest BCUT2D eigenvalue weighted by Gasteiger charge is 2.26. The minimum Gasteiger partial charge on any atom is -0.496 e. The van der Waals surface area contributed by atoms with E-state index in [0.717, 1.165) is 24.0 Å². The summed E-state index contributed by atoms with van der Waals surface area (Å²) in [5, 5.41) is 0. The fourth-order valence-corrected chi connectivity index (χ4v) is 4.96. The first-order valence-corrected chi connectivity index (χ1v) is 11.8. The van der Waals surface area contributed by atoms with Crippen LogP contribution >= 0.6 is 0 Å². The fraction of sp³-hybridized carbons (Fsp3) is 0.435. The highest BCUT2D eigenvalue weighted by atomic mass is 32.2. The predicted molar refractivity (Wildman–Crippen MR) is 119 cm³/mol. The molecule has 1 aliphatic heterocycles. The van der Waals surface area contributed by atoms with Crippen molar-refractivity contribution in [2.45, 2.75) is 44.9 Å². The van der Waals surface area contributed by atoms with E-state index in [2.05, 4.69) is 11.6 Å². The van der Waals surface area contributed by atoms with E-state index in [0.29, 0.717) is 36.9 Å². The van der Waals surface area contributed by atoms with Crippen molar-refractivity contribution in [1.29, 1.82) is 0 Å². The van der Waals surface area contributed by atoms with Crippen molar-refractivity contribution in [2.24, 2.45) is 5.92 Å². The number of aryl methyl sites for hydroxylation is 2. The van der Waals surface area contributed by atoms with E-state index in [-0.39, 0.29) is 16.4 Å². The minimum absolute atomic E-state index is 0.0438. The zero-order valence-electron chi connectivity index (χ0n) is 18.1. The van der Waals surface area contributed by atoms with E-state index in [9.17, 15) is 13.2 Å². The molecule has 30 heavy (non-hydrogen) atoms. The third-order valence-electron chi connectivity index (χ3n) is 5.76. The molecule has 1 amide bonds. The van der Waals surface area contributed by atoms with Gasteiger partial charge in [-0.15, -0.1) is 0 Å². The molecule has 0 saturated carbocycles. The molecule has 0 radical (unpaired) electrons. The minimum atomic E-state index is -3.87. The van der Waals surface area contributed by atoms with Crippen LogP contribution in [0, 0.1) is 12.8 Å². The second-order valence-corrected chi connectivity index (χ2v) is 9.59. The lowest BCUT2D eigenvalue weighted by Crippen LogP contribution is -2.38. The first kappa shape index (κ1) is 22.2. The number of ether oxygens (including phenoxy) is 1. The quantitative estimate of drug-likeness (QED) is 0.744. The molecule has 0 aliphatic carbocycles. The van der Waals surface area contributed by atoms with Crippen molar-refractivity contribution in [1.82, 2.24) is 4.90 Å². The Labute approximate surface area is 179 Å². The number of rotatable bonds is 6. The molecule has 1 fully saturated rings. The molecule has 0 aromatic heterocycles. The maximum atomic E-state index is 13.1. The predicted octanol–water partition coefficient (Wildman–Crippen LogP) is 4.24. The van der Waals surface area contributed by atoms with Gasteiger partial charge in [0.05, 0.1) is 23.3 Å². The molecular formula is C23H30N2O4S. The monoisotopic (exact) mass is 430 g/mol. The number of carbonyl (C=O) groups is 1. The van der Waals surface area contributed by atoms with Gasteiger partial charge in [0.2, 0.25) is 0 Å². The van der Waals surface area contributed by atoms with E-state index in [1.54, 1.807) is 11.0 Å². The topological polar surface area (TPSA) is 75.7 Å². The SMILES string of the molecule is CCc1cccc(C)c1NS(=O)(=O)c1ccc(OC)c(C(=O)N2CCC(C)CC2)c1. The maximum Gasteiger partial charge on any atom is 0.261 e. The van der Waals surface area contributed by atoms with Crippen LogP contribution in [0.15, 0.2) is 41.3 Å². The fourth-order valence-electron chi connectivity index (χ4n) is 3.77. The Kier molecular flexibility index (Phi) is 6.71. The molecule has 1 heterocycles. The summed E-state index contributed by atoms with van der Waals surface area (Å²) in [5.74, 6) is 0.775. The Morgan fingerprint density at radius 1 is 1.20 bits per heavy atom. The third kappa shape index (κ3) is 4.61. The molecule has 162 valence electrons. The molecule has 7 heteroatoms. The Hall–Kier alpha value is -2.54. The average molecular weight is 431 g/mol. The standard InChI is InChI=1S/C23H30N2O4S/c1-5-18-8-6-7-17(3)22(18)24-30(27,28)19-9-10-21(29-4)20(15-19)23(26)25-13-11-16(2)12-14-25/h6-10,15-16,24H,5,11-14H2,1-4H3. The molecule has 0 bridgehead atoms. The smallest absolute Gasteiger partial charge is 0.261 e. The number of nitrogens with one attached hydrogen (secondary N) is 1. The van der Waals surface area contributed by atoms with Crippen molar-refractivity contribution in [3.8, 4) is 5.75 Å². The van der Waals surface area contributed by atoms with Crippen LogP contribution < -0.4 is 9.46 Å². The number of hydrogen-bond acceptors (Lipinski definition) is 4. The lowest BCUT2D eigenvalue weighted by atomic mass is 9.98. The van der Waals surface area contributed by atoms with Crippen LogP contribution in [0.5, 0.6) is 5.75 Å². The molecular weight excluding hydrogens is 400 g/mol. The van der Waals surface area contributed by atoms with Gasteiger partial charge in [-0.3, -0.25) is 9.52 Å². The van der Waals surface area contributed by atoms with E-state index in [1.807, 2.05) is 32.0 Å². The van der Waals surface area contributed by atoms with E-state index >= 15 is 0 Å². The van der Waals surface area contributed by atoms with Crippen LogP contribution in [0.3, 0.4) is 0 Å². The first-order chi connectivity index (χ1) is 14.3. The number of benzene rings is 2. The summed E-state index contributed by atoms with van der Waals surface area (Å²) in [4.78, 5) is 14.9. The highest BCUT2D eigenvalue weighted by molar-refractivity contribution is 7.92. The number of carbonyl (C=O) groups excluding carboxylic acids is 1.